The van der Waals surface area contributed by atoms with Crippen LogP contribution in [0.25, 0.3) is 5.69 Å². The second-order valence-electron chi connectivity index (χ2n) is 4.18. The molecule has 1 aromatic heterocycles. The van der Waals surface area contributed by atoms with Gasteiger partial charge in [0.15, 0.2) is 0 Å². The van der Waals surface area contributed by atoms with Gasteiger partial charge in [0, 0.05) is 11.9 Å². The summed E-state index contributed by atoms with van der Waals surface area (Å²) in [5.74, 6) is 0.546. The number of aromatic nitrogens is 2. The topological polar surface area (TPSA) is 38.0 Å². The van der Waals surface area contributed by atoms with Crippen molar-refractivity contribution in [1.29, 1.82) is 0 Å². The van der Waals surface area contributed by atoms with Crippen LogP contribution in [0.4, 0.5) is 0 Å². The minimum atomic E-state index is -0.0168. The number of hydrogen-bond donors (Lipinski definition) is 1. The molecule has 0 fully saturated rings. The van der Waals surface area contributed by atoms with Crippen molar-refractivity contribution in [3.05, 3.63) is 48.0 Å². The first-order valence-corrected chi connectivity index (χ1v) is 5.45. The van der Waals surface area contributed by atoms with Crippen LogP contribution >= 0.6 is 0 Å². The molecule has 0 saturated carbocycles. The Bertz CT molecular complexity index is 457. The molecule has 84 valence electrons. The van der Waals surface area contributed by atoms with E-state index < -0.39 is 0 Å². The maximum atomic E-state index is 8.94. The van der Waals surface area contributed by atoms with Gasteiger partial charge in [-0.1, -0.05) is 26.0 Å². The van der Waals surface area contributed by atoms with Crippen molar-refractivity contribution in [3.8, 4) is 5.69 Å². The van der Waals surface area contributed by atoms with E-state index in [0.29, 0.717) is 11.6 Å². The Morgan fingerprint density at radius 2 is 1.94 bits per heavy atom. The smallest absolute Gasteiger partial charge is 0.0996 e. The molecule has 0 atom stereocenters. The van der Waals surface area contributed by atoms with E-state index in [1.165, 1.54) is 5.56 Å². The monoisotopic (exact) mass is 216 g/mol. The summed E-state index contributed by atoms with van der Waals surface area (Å²) in [4.78, 5) is 4.08. The predicted octanol–water partition coefficient (Wildman–Crippen LogP) is 2.49. The molecule has 3 nitrogen and oxygen atoms in total. The van der Waals surface area contributed by atoms with E-state index in [9.17, 15) is 0 Å². The number of aliphatic hydroxyl groups excluding tert-OH is 1. The molecule has 0 radical (unpaired) electrons. The van der Waals surface area contributed by atoms with Crippen LogP contribution in [0.2, 0.25) is 0 Å². The summed E-state index contributed by atoms with van der Waals surface area (Å²) in [5, 5.41) is 8.94. The molecule has 0 aliphatic carbocycles. The lowest BCUT2D eigenvalue weighted by Crippen LogP contribution is -1.92. The van der Waals surface area contributed by atoms with E-state index in [1.807, 2.05) is 10.8 Å². The standard InChI is InChI=1S/C13H16N2O/c1-10(2)11-3-5-13(6-4-11)15-7-12(8-16)14-9-15/h3-7,9-10,16H,8H2,1-2H3. The molecule has 0 unspecified atom stereocenters. The van der Waals surface area contributed by atoms with Crippen molar-refractivity contribution >= 4 is 0 Å². The van der Waals surface area contributed by atoms with Gasteiger partial charge in [0.05, 0.1) is 18.6 Å². The lowest BCUT2D eigenvalue weighted by atomic mass is 10.0. The Labute approximate surface area is 95.4 Å². The van der Waals surface area contributed by atoms with Gasteiger partial charge in [-0.15, -0.1) is 0 Å². The molecule has 0 aliphatic rings. The van der Waals surface area contributed by atoms with Gasteiger partial charge in [-0.05, 0) is 23.6 Å². The Morgan fingerprint density at radius 3 is 2.44 bits per heavy atom. The highest BCUT2D eigenvalue weighted by Crippen LogP contribution is 2.16. The molecule has 0 bridgehead atoms. The number of aliphatic hydroxyl groups is 1. The largest absolute Gasteiger partial charge is 0.390 e. The quantitative estimate of drug-likeness (QED) is 0.856. The van der Waals surface area contributed by atoms with Gasteiger partial charge in [-0.2, -0.15) is 0 Å². The third-order valence-electron chi connectivity index (χ3n) is 2.66. The molecule has 2 aromatic rings. The zero-order valence-corrected chi connectivity index (χ0v) is 9.59. The summed E-state index contributed by atoms with van der Waals surface area (Å²) in [6.45, 7) is 4.34. The summed E-state index contributed by atoms with van der Waals surface area (Å²) < 4.78 is 1.91. The van der Waals surface area contributed by atoms with Gasteiger partial charge < -0.3 is 9.67 Å². The average molecular weight is 216 g/mol. The van der Waals surface area contributed by atoms with Gasteiger partial charge in [0.25, 0.3) is 0 Å². The molecular formula is C13H16N2O. The summed E-state index contributed by atoms with van der Waals surface area (Å²) in [5.41, 5.74) is 3.08. The highest BCUT2D eigenvalue weighted by molar-refractivity contribution is 5.36. The molecule has 1 aromatic carbocycles. The fourth-order valence-electron chi connectivity index (χ4n) is 1.62. The first kappa shape index (κ1) is 10.9. The number of hydrogen-bond acceptors (Lipinski definition) is 2. The second-order valence-corrected chi connectivity index (χ2v) is 4.18. The third kappa shape index (κ3) is 2.14. The fourth-order valence-corrected chi connectivity index (χ4v) is 1.62. The summed E-state index contributed by atoms with van der Waals surface area (Å²) in [7, 11) is 0. The summed E-state index contributed by atoms with van der Waals surface area (Å²) in [6.07, 6.45) is 3.56. The maximum absolute atomic E-state index is 8.94. The van der Waals surface area contributed by atoms with E-state index in [4.69, 9.17) is 5.11 Å². The Hall–Kier alpha value is -1.61. The van der Waals surface area contributed by atoms with Crippen molar-refractivity contribution in [2.75, 3.05) is 0 Å². The Kier molecular flexibility index (Phi) is 3.06. The van der Waals surface area contributed by atoms with Crippen LogP contribution in [0.15, 0.2) is 36.8 Å². The van der Waals surface area contributed by atoms with Gasteiger partial charge in [0.1, 0.15) is 0 Å². The first-order valence-electron chi connectivity index (χ1n) is 5.45. The van der Waals surface area contributed by atoms with E-state index in [0.717, 1.165) is 5.69 Å². The van der Waals surface area contributed by atoms with Crippen molar-refractivity contribution in [3.63, 3.8) is 0 Å². The van der Waals surface area contributed by atoms with Gasteiger partial charge in [-0.25, -0.2) is 4.98 Å². The summed E-state index contributed by atoms with van der Waals surface area (Å²) >= 11 is 0. The van der Waals surface area contributed by atoms with Crippen LogP contribution in [0, 0.1) is 0 Å². The molecule has 0 amide bonds. The molecule has 1 heterocycles. The minimum absolute atomic E-state index is 0.0168. The van der Waals surface area contributed by atoms with Crippen LogP contribution in [-0.2, 0) is 6.61 Å². The molecule has 0 aliphatic heterocycles. The van der Waals surface area contributed by atoms with Crippen molar-refractivity contribution < 1.29 is 5.11 Å². The van der Waals surface area contributed by atoms with E-state index in [-0.39, 0.29) is 6.61 Å². The number of imidazole rings is 1. The molecule has 16 heavy (non-hydrogen) atoms. The highest BCUT2D eigenvalue weighted by Gasteiger charge is 2.01. The maximum Gasteiger partial charge on any atom is 0.0996 e. The van der Waals surface area contributed by atoms with Crippen molar-refractivity contribution in [1.82, 2.24) is 9.55 Å². The fraction of sp³-hybridized carbons (Fsp3) is 0.308. The Morgan fingerprint density at radius 1 is 1.25 bits per heavy atom. The van der Waals surface area contributed by atoms with E-state index in [2.05, 4.69) is 43.1 Å². The second kappa shape index (κ2) is 4.49. The molecule has 3 heteroatoms. The van der Waals surface area contributed by atoms with Crippen LogP contribution < -0.4 is 0 Å². The lowest BCUT2D eigenvalue weighted by Gasteiger charge is -2.07. The zero-order chi connectivity index (χ0) is 11.5. The highest BCUT2D eigenvalue weighted by atomic mass is 16.3. The van der Waals surface area contributed by atoms with E-state index >= 15 is 0 Å². The van der Waals surface area contributed by atoms with Crippen molar-refractivity contribution in [2.45, 2.75) is 26.4 Å². The van der Waals surface area contributed by atoms with Gasteiger partial charge in [0.2, 0.25) is 0 Å². The van der Waals surface area contributed by atoms with E-state index in [1.54, 1.807) is 6.33 Å². The number of benzene rings is 1. The van der Waals surface area contributed by atoms with Crippen LogP contribution in [-0.4, -0.2) is 14.7 Å². The molecular weight excluding hydrogens is 200 g/mol. The van der Waals surface area contributed by atoms with Gasteiger partial charge >= 0.3 is 0 Å². The Balaban J connectivity index is 2.27. The number of rotatable bonds is 3. The van der Waals surface area contributed by atoms with Crippen LogP contribution in [0.1, 0.15) is 31.0 Å². The zero-order valence-electron chi connectivity index (χ0n) is 9.59. The molecule has 0 saturated heterocycles. The van der Waals surface area contributed by atoms with Crippen LogP contribution in [0.3, 0.4) is 0 Å². The van der Waals surface area contributed by atoms with Crippen molar-refractivity contribution in [2.24, 2.45) is 0 Å². The first-order chi connectivity index (χ1) is 7.70. The summed E-state index contributed by atoms with van der Waals surface area (Å²) in [6, 6.07) is 8.38. The molecule has 1 N–H and O–H groups in total. The third-order valence-corrected chi connectivity index (χ3v) is 2.66. The van der Waals surface area contributed by atoms with Gasteiger partial charge in [-0.3, -0.25) is 0 Å². The predicted molar refractivity (Wildman–Crippen MR) is 63.6 cm³/mol. The number of nitrogens with zero attached hydrogens (tertiary/aromatic N) is 2. The molecule has 2 rings (SSSR count). The lowest BCUT2D eigenvalue weighted by molar-refractivity contribution is 0.277. The normalized spacial score (nSPS) is 11.0. The average Bonchev–Trinajstić information content (AvgIpc) is 2.77. The molecule has 0 spiro atoms. The van der Waals surface area contributed by atoms with Crippen LogP contribution in [0.5, 0.6) is 0 Å². The SMILES string of the molecule is CC(C)c1ccc(-n2cnc(CO)c2)cc1. The minimum Gasteiger partial charge on any atom is -0.390 e.